The Morgan fingerprint density at radius 1 is 1.29 bits per heavy atom. The van der Waals surface area contributed by atoms with E-state index in [1.807, 2.05) is 31.2 Å². The molecular weight excluding hydrogens is 226 g/mol. The number of rotatable bonds is 7. The lowest BCUT2D eigenvalue weighted by molar-refractivity contribution is -0.119. The van der Waals surface area contributed by atoms with Crippen molar-refractivity contribution in [2.75, 3.05) is 13.2 Å². The number of alkyl halides is 2. The highest BCUT2D eigenvalue weighted by molar-refractivity contribution is 5.80. The van der Waals surface area contributed by atoms with Crippen LogP contribution in [0.25, 0.3) is 0 Å². The van der Waals surface area contributed by atoms with Gasteiger partial charge in [0.2, 0.25) is 0 Å². The second-order valence-electron chi connectivity index (χ2n) is 3.92. The van der Waals surface area contributed by atoms with E-state index < -0.39 is 13.0 Å². The number of benzene rings is 1. The maximum absolute atomic E-state index is 11.7. The molecule has 1 rings (SSSR count). The van der Waals surface area contributed by atoms with E-state index in [2.05, 4.69) is 4.74 Å². The molecule has 17 heavy (non-hydrogen) atoms. The summed E-state index contributed by atoms with van der Waals surface area (Å²) in [5.41, 5.74) is 2.08. The molecule has 4 heteroatoms. The normalized spacial score (nSPS) is 10.8. The van der Waals surface area contributed by atoms with Gasteiger partial charge in [0.25, 0.3) is 6.43 Å². The zero-order valence-electron chi connectivity index (χ0n) is 9.79. The molecule has 0 saturated carbocycles. The maximum atomic E-state index is 11.7. The van der Waals surface area contributed by atoms with Crippen LogP contribution in [0.3, 0.4) is 0 Å². The third kappa shape index (κ3) is 6.12. The van der Waals surface area contributed by atoms with Crippen LogP contribution in [0.5, 0.6) is 0 Å². The number of carbonyl (C=O) groups is 1. The molecule has 0 aliphatic heterocycles. The van der Waals surface area contributed by atoms with Crippen molar-refractivity contribution < 1.29 is 18.3 Å². The van der Waals surface area contributed by atoms with Gasteiger partial charge >= 0.3 is 0 Å². The average Bonchev–Trinajstić information content (AvgIpc) is 2.27. The van der Waals surface area contributed by atoms with Crippen molar-refractivity contribution >= 4 is 5.78 Å². The van der Waals surface area contributed by atoms with Gasteiger partial charge < -0.3 is 4.74 Å². The molecule has 0 bridgehead atoms. The van der Waals surface area contributed by atoms with Crippen LogP contribution in [0.4, 0.5) is 8.78 Å². The van der Waals surface area contributed by atoms with Gasteiger partial charge in [-0.2, -0.15) is 0 Å². The largest absolute Gasteiger partial charge is 0.375 e. The van der Waals surface area contributed by atoms with Crippen molar-refractivity contribution in [1.29, 1.82) is 0 Å². The fourth-order valence-corrected chi connectivity index (χ4v) is 1.38. The summed E-state index contributed by atoms with van der Waals surface area (Å²) < 4.78 is 28.1. The molecular formula is C13H16F2O2. The van der Waals surface area contributed by atoms with Gasteiger partial charge in [-0.25, -0.2) is 8.78 Å². The first kappa shape index (κ1) is 13.8. The molecule has 0 unspecified atom stereocenters. The fourth-order valence-electron chi connectivity index (χ4n) is 1.38. The minimum atomic E-state index is -2.47. The van der Waals surface area contributed by atoms with E-state index in [1.165, 1.54) is 0 Å². The minimum absolute atomic E-state index is 0.00289. The summed E-state index contributed by atoms with van der Waals surface area (Å²) in [6.45, 7) is 1.44. The Morgan fingerprint density at radius 3 is 2.53 bits per heavy atom. The van der Waals surface area contributed by atoms with Crippen LogP contribution in [-0.4, -0.2) is 25.4 Å². The van der Waals surface area contributed by atoms with Gasteiger partial charge in [-0.05, 0) is 12.5 Å². The third-order valence-electron chi connectivity index (χ3n) is 2.29. The molecule has 0 spiro atoms. The van der Waals surface area contributed by atoms with E-state index >= 15 is 0 Å². The zero-order valence-corrected chi connectivity index (χ0v) is 9.79. The fraction of sp³-hybridized carbons (Fsp3) is 0.462. The Kier molecular flexibility index (Phi) is 5.77. The van der Waals surface area contributed by atoms with Gasteiger partial charge in [0, 0.05) is 12.8 Å². The minimum Gasteiger partial charge on any atom is -0.375 e. The number of aryl methyl sites for hydroxylation is 1. The number of ketones is 1. The van der Waals surface area contributed by atoms with Crippen LogP contribution in [0.2, 0.25) is 0 Å². The lowest BCUT2D eigenvalue weighted by Gasteiger charge is -2.03. The molecule has 0 amide bonds. The van der Waals surface area contributed by atoms with Gasteiger partial charge in [0.05, 0.1) is 6.61 Å². The molecule has 94 valence electrons. The van der Waals surface area contributed by atoms with Crippen LogP contribution >= 0.6 is 0 Å². The average molecular weight is 242 g/mol. The van der Waals surface area contributed by atoms with Crippen molar-refractivity contribution in [1.82, 2.24) is 0 Å². The van der Waals surface area contributed by atoms with Gasteiger partial charge in [-0.3, -0.25) is 4.79 Å². The summed E-state index contributed by atoms with van der Waals surface area (Å²) in [5.74, 6) is 0.00289. The van der Waals surface area contributed by atoms with Crippen LogP contribution in [-0.2, 0) is 16.0 Å². The second kappa shape index (κ2) is 7.12. The molecule has 2 nitrogen and oxygen atoms in total. The quantitative estimate of drug-likeness (QED) is 0.687. The second-order valence-corrected chi connectivity index (χ2v) is 3.92. The predicted octanol–water partition coefficient (Wildman–Crippen LogP) is 2.78. The first-order valence-electron chi connectivity index (χ1n) is 5.51. The Morgan fingerprint density at radius 2 is 1.94 bits per heavy atom. The van der Waals surface area contributed by atoms with Crippen molar-refractivity contribution in [3.05, 3.63) is 35.4 Å². The first-order valence-corrected chi connectivity index (χ1v) is 5.51. The summed E-state index contributed by atoms with van der Waals surface area (Å²) in [6, 6.07) is 7.67. The summed E-state index contributed by atoms with van der Waals surface area (Å²) >= 11 is 0. The van der Waals surface area contributed by atoms with Crippen molar-refractivity contribution in [2.45, 2.75) is 26.2 Å². The number of hydrogen-bond acceptors (Lipinski definition) is 2. The molecule has 0 saturated heterocycles. The van der Waals surface area contributed by atoms with Crippen molar-refractivity contribution in [3.8, 4) is 0 Å². The lowest BCUT2D eigenvalue weighted by Crippen LogP contribution is -2.10. The molecule has 0 aliphatic rings. The SMILES string of the molecule is Cc1ccc(CC(=O)CCOCC(F)F)cc1. The molecule has 0 N–H and O–H groups in total. The molecule has 0 aromatic heterocycles. The molecule has 1 aromatic carbocycles. The van der Waals surface area contributed by atoms with E-state index in [9.17, 15) is 13.6 Å². The first-order chi connectivity index (χ1) is 8.08. The van der Waals surface area contributed by atoms with Gasteiger partial charge in [0.1, 0.15) is 12.4 Å². The summed E-state index contributed by atoms with van der Waals surface area (Å²) in [6.07, 6.45) is -1.96. The van der Waals surface area contributed by atoms with E-state index in [0.717, 1.165) is 11.1 Å². The topological polar surface area (TPSA) is 26.3 Å². The Bertz CT molecular complexity index is 347. The monoisotopic (exact) mass is 242 g/mol. The Labute approximate surface area is 99.6 Å². The zero-order chi connectivity index (χ0) is 12.7. The molecule has 0 heterocycles. The summed E-state index contributed by atoms with van der Waals surface area (Å²) in [7, 11) is 0. The molecule has 0 aliphatic carbocycles. The van der Waals surface area contributed by atoms with Gasteiger partial charge in [0.15, 0.2) is 0 Å². The standard InChI is InChI=1S/C13H16F2O2/c1-10-2-4-11(5-3-10)8-12(16)6-7-17-9-13(14)15/h2-5,13H,6-9H2,1H3. The molecule has 0 radical (unpaired) electrons. The van der Waals surface area contributed by atoms with Crippen molar-refractivity contribution in [3.63, 3.8) is 0 Å². The predicted molar refractivity (Wildman–Crippen MR) is 61.3 cm³/mol. The number of halogens is 2. The van der Waals surface area contributed by atoms with Crippen molar-refractivity contribution in [2.24, 2.45) is 0 Å². The third-order valence-corrected chi connectivity index (χ3v) is 2.29. The lowest BCUT2D eigenvalue weighted by atomic mass is 10.1. The van der Waals surface area contributed by atoms with E-state index in [-0.39, 0.29) is 18.8 Å². The molecule has 0 fully saturated rings. The van der Waals surface area contributed by atoms with Crippen LogP contribution in [0.1, 0.15) is 17.5 Å². The van der Waals surface area contributed by atoms with Crippen LogP contribution in [0.15, 0.2) is 24.3 Å². The Balaban J connectivity index is 2.23. The van der Waals surface area contributed by atoms with Crippen LogP contribution < -0.4 is 0 Å². The Hall–Kier alpha value is -1.29. The van der Waals surface area contributed by atoms with Gasteiger partial charge in [-0.1, -0.05) is 29.8 Å². The number of hydrogen-bond donors (Lipinski definition) is 0. The summed E-state index contributed by atoms with van der Waals surface area (Å²) in [5, 5.41) is 0. The number of carbonyl (C=O) groups excluding carboxylic acids is 1. The van der Waals surface area contributed by atoms with E-state index in [4.69, 9.17) is 0 Å². The number of ether oxygens (including phenoxy) is 1. The van der Waals surface area contributed by atoms with E-state index in [0.29, 0.717) is 6.42 Å². The van der Waals surface area contributed by atoms with Crippen LogP contribution in [0, 0.1) is 6.92 Å². The number of Topliss-reactive ketones (excluding diaryl/α,β-unsaturated/α-hetero) is 1. The summed E-state index contributed by atoms with van der Waals surface area (Å²) in [4.78, 5) is 11.5. The van der Waals surface area contributed by atoms with Gasteiger partial charge in [-0.15, -0.1) is 0 Å². The highest BCUT2D eigenvalue weighted by atomic mass is 19.3. The highest BCUT2D eigenvalue weighted by Crippen LogP contribution is 2.05. The maximum Gasteiger partial charge on any atom is 0.261 e. The van der Waals surface area contributed by atoms with E-state index in [1.54, 1.807) is 0 Å². The molecule has 0 atom stereocenters. The smallest absolute Gasteiger partial charge is 0.261 e. The molecule has 1 aromatic rings. The highest BCUT2D eigenvalue weighted by Gasteiger charge is 2.06.